The number of halogens is 2. The number of aryl methyl sites for hydroxylation is 1. The second kappa shape index (κ2) is 8.27. The Balaban J connectivity index is 1.45. The van der Waals surface area contributed by atoms with Crippen LogP contribution < -0.4 is 10.6 Å². The van der Waals surface area contributed by atoms with Gasteiger partial charge in [-0.2, -0.15) is 0 Å². The number of likely N-dealkylation sites (tertiary alicyclic amines) is 1. The topological polar surface area (TPSA) is 44.4 Å². The molecule has 3 rings (SSSR count). The second-order valence-electron chi connectivity index (χ2n) is 6.71. The molecular weight excluding hydrogens is 336 g/mol. The van der Waals surface area contributed by atoms with Crippen molar-refractivity contribution in [1.82, 2.24) is 10.2 Å². The minimum atomic E-state index is -0.823. The lowest BCUT2D eigenvalue weighted by Gasteiger charge is -2.32. The molecule has 1 saturated heterocycles. The zero-order valence-electron chi connectivity index (χ0n) is 14.8. The quantitative estimate of drug-likeness (QED) is 0.865. The predicted octanol–water partition coefficient (Wildman–Crippen LogP) is 4.06. The number of nitrogens with zero attached hydrogens (tertiary/aromatic N) is 1. The molecule has 6 heteroatoms. The first-order chi connectivity index (χ1) is 12.5. The van der Waals surface area contributed by atoms with E-state index < -0.39 is 11.6 Å². The molecule has 0 spiro atoms. The predicted molar refractivity (Wildman–Crippen MR) is 98.0 cm³/mol. The standard InChI is InChI=1S/C20H23F2N3O/c1-14-4-2-3-5-19(14)24-20(26)23-16-8-10-25(11-9-16)13-15-6-7-17(21)18(22)12-15/h2-7,12,16H,8-11,13H2,1H3,(H2,23,24,26). The van der Waals surface area contributed by atoms with Crippen molar-refractivity contribution in [2.45, 2.75) is 32.4 Å². The highest BCUT2D eigenvalue weighted by atomic mass is 19.2. The number of nitrogens with one attached hydrogen (secondary N) is 2. The SMILES string of the molecule is Cc1ccccc1NC(=O)NC1CCN(Cc2ccc(F)c(F)c2)CC1. The number of carbonyl (C=O) groups is 1. The lowest BCUT2D eigenvalue weighted by Crippen LogP contribution is -2.45. The first kappa shape index (κ1) is 18.3. The zero-order valence-corrected chi connectivity index (χ0v) is 14.8. The third kappa shape index (κ3) is 4.79. The number of carbonyl (C=O) groups excluding carboxylic acids is 1. The van der Waals surface area contributed by atoms with E-state index in [0.29, 0.717) is 6.54 Å². The lowest BCUT2D eigenvalue weighted by molar-refractivity contribution is 0.189. The Bertz CT molecular complexity index is 773. The maximum atomic E-state index is 13.3. The van der Waals surface area contributed by atoms with Gasteiger partial charge in [-0.15, -0.1) is 0 Å². The van der Waals surface area contributed by atoms with Crippen LogP contribution in [0.3, 0.4) is 0 Å². The summed E-state index contributed by atoms with van der Waals surface area (Å²) in [5.74, 6) is -1.64. The first-order valence-electron chi connectivity index (χ1n) is 8.80. The van der Waals surface area contributed by atoms with E-state index >= 15 is 0 Å². The van der Waals surface area contributed by atoms with Crippen LogP contribution in [0, 0.1) is 18.6 Å². The van der Waals surface area contributed by atoms with Gasteiger partial charge in [0.25, 0.3) is 0 Å². The summed E-state index contributed by atoms with van der Waals surface area (Å²) >= 11 is 0. The van der Waals surface area contributed by atoms with Crippen molar-refractivity contribution in [2.75, 3.05) is 18.4 Å². The minimum Gasteiger partial charge on any atom is -0.335 e. The maximum Gasteiger partial charge on any atom is 0.319 e. The van der Waals surface area contributed by atoms with Gasteiger partial charge < -0.3 is 10.6 Å². The molecule has 1 aliphatic rings. The number of amides is 2. The van der Waals surface area contributed by atoms with Gasteiger partial charge in [0.2, 0.25) is 0 Å². The number of rotatable bonds is 4. The normalized spacial score (nSPS) is 15.7. The highest BCUT2D eigenvalue weighted by molar-refractivity contribution is 5.90. The zero-order chi connectivity index (χ0) is 18.5. The fourth-order valence-electron chi connectivity index (χ4n) is 3.19. The van der Waals surface area contributed by atoms with E-state index in [1.807, 2.05) is 31.2 Å². The van der Waals surface area contributed by atoms with Crippen LogP contribution in [-0.2, 0) is 6.54 Å². The van der Waals surface area contributed by atoms with Gasteiger partial charge in [-0.25, -0.2) is 13.6 Å². The van der Waals surface area contributed by atoms with Crippen LogP contribution >= 0.6 is 0 Å². The summed E-state index contributed by atoms with van der Waals surface area (Å²) in [6.45, 7) is 4.13. The molecule has 0 radical (unpaired) electrons. The van der Waals surface area contributed by atoms with Crippen LogP contribution in [0.15, 0.2) is 42.5 Å². The van der Waals surface area contributed by atoms with Crippen molar-refractivity contribution < 1.29 is 13.6 Å². The van der Waals surface area contributed by atoms with Crippen molar-refractivity contribution in [3.63, 3.8) is 0 Å². The molecule has 0 aromatic heterocycles. The fraction of sp³-hybridized carbons (Fsp3) is 0.350. The number of hydrogen-bond donors (Lipinski definition) is 2. The monoisotopic (exact) mass is 359 g/mol. The molecule has 1 fully saturated rings. The molecule has 0 aliphatic carbocycles. The molecule has 2 N–H and O–H groups in total. The first-order valence-corrected chi connectivity index (χ1v) is 8.80. The van der Waals surface area contributed by atoms with E-state index in [4.69, 9.17) is 0 Å². The maximum absolute atomic E-state index is 13.3. The van der Waals surface area contributed by atoms with Crippen molar-refractivity contribution in [3.05, 3.63) is 65.2 Å². The van der Waals surface area contributed by atoms with Crippen molar-refractivity contribution in [1.29, 1.82) is 0 Å². The summed E-state index contributed by atoms with van der Waals surface area (Å²) in [5, 5.41) is 5.89. The van der Waals surface area contributed by atoms with E-state index in [-0.39, 0.29) is 12.1 Å². The van der Waals surface area contributed by atoms with E-state index in [9.17, 15) is 13.6 Å². The molecule has 138 valence electrons. The van der Waals surface area contributed by atoms with Crippen LogP contribution in [0.2, 0.25) is 0 Å². The van der Waals surface area contributed by atoms with Crippen molar-refractivity contribution in [2.24, 2.45) is 0 Å². The van der Waals surface area contributed by atoms with Gasteiger partial charge in [-0.3, -0.25) is 4.90 Å². The summed E-state index contributed by atoms with van der Waals surface area (Å²) in [6.07, 6.45) is 1.65. The number of piperidine rings is 1. The van der Waals surface area contributed by atoms with Gasteiger partial charge in [-0.05, 0) is 49.1 Å². The van der Waals surface area contributed by atoms with Gasteiger partial charge in [0.05, 0.1) is 0 Å². The van der Waals surface area contributed by atoms with Crippen LogP contribution in [-0.4, -0.2) is 30.1 Å². The van der Waals surface area contributed by atoms with Crippen molar-refractivity contribution >= 4 is 11.7 Å². The average molecular weight is 359 g/mol. The Morgan fingerprint density at radius 3 is 2.54 bits per heavy atom. The molecule has 1 heterocycles. The number of para-hydroxylation sites is 1. The summed E-state index contributed by atoms with van der Waals surface area (Å²) in [7, 11) is 0. The third-order valence-corrected chi connectivity index (χ3v) is 4.71. The third-order valence-electron chi connectivity index (χ3n) is 4.71. The summed E-state index contributed by atoms with van der Waals surface area (Å²) < 4.78 is 26.3. The second-order valence-corrected chi connectivity index (χ2v) is 6.71. The molecule has 2 amide bonds. The Morgan fingerprint density at radius 2 is 1.85 bits per heavy atom. The number of anilines is 1. The molecular formula is C20H23F2N3O. The Morgan fingerprint density at radius 1 is 1.12 bits per heavy atom. The smallest absolute Gasteiger partial charge is 0.319 e. The Kier molecular flexibility index (Phi) is 5.83. The van der Waals surface area contributed by atoms with Crippen LogP contribution in [0.25, 0.3) is 0 Å². The average Bonchev–Trinajstić information content (AvgIpc) is 2.62. The number of benzene rings is 2. The van der Waals surface area contributed by atoms with E-state index in [1.165, 1.54) is 6.07 Å². The van der Waals surface area contributed by atoms with Gasteiger partial charge in [0, 0.05) is 31.4 Å². The minimum absolute atomic E-state index is 0.111. The van der Waals surface area contributed by atoms with Crippen LogP contribution in [0.5, 0.6) is 0 Å². The summed E-state index contributed by atoms with van der Waals surface area (Å²) in [5.41, 5.74) is 2.58. The molecule has 0 unspecified atom stereocenters. The van der Waals surface area contributed by atoms with Gasteiger partial charge >= 0.3 is 6.03 Å². The van der Waals surface area contributed by atoms with Gasteiger partial charge in [-0.1, -0.05) is 24.3 Å². The number of hydrogen-bond acceptors (Lipinski definition) is 2. The fourth-order valence-corrected chi connectivity index (χ4v) is 3.19. The molecule has 1 aliphatic heterocycles. The molecule has 0 atom stereocenters. The lowest BCUT2D eigenvalue weighted by atomic mass is 10.0. The van der Waals surface area contributed by atoms with Crippen LogP contribution in [0.1, 0.15) is 24.0 Å². The van der Waals surface area contributed by atoms with Crippen molar-refractivity contribution in [3.8, 4) is 0 Å². The molecule has 0 saturated carbocycles. The van der Waals surface area contributed by atoms with E-state index in [1.54, 1.807) is 6.07 Å². The van der Waals surface area contributed by atoms with E-state index in [0.717, 1.165) is 48.8 Å². The highest BCUT2D eigenvalue weighted by Crippen LogP contribution is 2.17. The van der Waals surface area contributed by atoms with Crippen LogP contribution in [0.4, 0.5) is 19.3 Å². The number of urea groups is 1. The molecule has 2 aromatic rings. The molecule has 2 aromatic carbocycles. The van der Waals surface area contributed by atoms with Gasteiger partial charge in [0.15, 0.2) is 11.6 Å². The molecule has 26 heavy (non-hydrogen) atoms. The summed E-state index contributed by atoms with van der Waals surface area (Å²) in [6, 6.07) is 11.6. The molecule has 4 nitrogen and oxygen atoms in total. The summed E-state index contributed by atoms with van der Waals surface area (Å²) in [4.78, 5) is 14.3. The largest absolute Gasteiger partial charge is 0.335 e. The van der Waals surface area contributed by atoms with E-state index in [2.05, 4.69) is 15.5 Å². The Hall–Kier alpha value is -2.47. The Labute approximate surface area is 152 Å². The van der Waals surface area contributed by atoms with Gasteiger partial charge in [0.1, 0.15) is 0 Å². The molecule has 0 bridgehead atoms. The highest BCUT2D eigenvalue weighted by Gasteiger charge is 2.21.